The third-order valence-electron chi connectivity index (χ3n) is 9.48. The van der Waals surface area contributed by atoms with Crippen molar-refractivity contribution in [2.45, 2.75) is 46.1 Å². The van der Waals surface area contributed by atoms with Gasteiger partial charge < -0.3 is 24.7 Å². The number of hydrogen-bond acceptors (Lipinski definition) is 7. The molecule has 9 heteroatoms. The molecule has 3 aliphatic rings. The Kier molecular flexibility index (Phi) is 7.74. The van der Waals surface area contributed by atoms with Gasteiger partial charge >= 0.3 is 5.97 Å². The zero-order valence-electron chi connectivity index (χ0n) is 24.5. The summed E-state index contributed by atoms with van der Waals surface area (Å²) >= 11 is 1.60. The van der Waals surface area contributed by atoms with Gasteiger partial charge in [0.05, 0.1) is 18.2 Å². The Bertz CT molecular complexity index is 1480. The second-order valence-corrected chi connectivity index (χ2v) is 13.5. The molecule has 42 heavy (non-hydrogen) atoms. The van der Waals surface area contributed by atoms with E-state index in [1.165, 1.54) is 0 Å². The number of carboxylic acid groups (broad SMARTS) is 1. The van der Waals surface area contributed by atoms with Crippen LogP contribution in [-0.2, 0) is 11.4 Å². The van der Waals surface area contributed by atoms with E-state index < -0.39 is 5.97 Å². The number of ether oxygens (including phenoxy) is 1. The first-order valence-corrected chi connectivity index (χ1v) is 15.7. The summed E-state index contributed by atoms with van der Waals surface area (Å²) in [6.45, 7) is 6.59. The molecule has 1 aromatic heterocycles. The second-order valence-electron chi connectivity index (χ2n) is 12.6. The molecule has 0 spiro atoms. The molecule has 2 N–H and O–H groups in total. The fourth-order valence-electron chi connectivity index (χ4n) is 6.77. The van der Waals surface area contributed by atoms with Crippen LogP contribution in [-0.4, -0.2) is 65.3 Å². The van der Waals surface area contributed by atoms with Crippen LogP contribution >= 0.6 is 11.3 Å². The maximum Gasteiger partial charge on any atom is 0.307 e. The van der Waals surface area contributed by atoms with E-state index in [1.807, 2.05) is 37.3 Å². The van der Waals surface area contributed by atoms with Crippen molar-refractivity contribution in [3.8, 4) is 17.0 Å². The van der Waals surface area contributed by atoms with E-state index >= 15 is 0 Å². The maximum absolute atomic E-state index is 13.0. The number of aliphatic hydroxyl groups excluding tert-OH is 1. The lowest BCUT2D eigenvalue weighted by Gasteiger charge is -2.35. The number of aryl methyl sites for hydroxylation is 2. The lowest BCUT2D eigenvalue weighted by Crippen LogP contribution is -2.44. The van der Waals surface area contributed by atoms with Gasteiger partial charge in [0.15, 0.2) is 5.13 Å². The van der Waals surface area contributed by atoms with Gasteiger partial charge in [0.25, 0.3) is 5.91 Å². The van der Waals surface area contributed by atoms with E-state index in [9.17, 15) is 19.8 Å². The number of carbonyl (C=O) groups excluding carboxylic acids is 1. The highest BCUT2D eigenvalue weighted by Crippen LogP contribution is 2.46. The van der Waals surface area contributed by atoms with Crippen molar-refractivity contribution >= 4 is 28.3 Å². The number of aromatic nitrogens is 1. The molecule has 1 amide bonds. The van der Waals surface area contributed by atoms with E-state index in [1.54, 1.807) is 23.3 Å². The highest BCUT2D eigenvalue weighted by Gasteiger charge is 2.46. The van der Waals surface area contributed by atoms with Gasteiger partial charge in [-0.1, -0.05) is 17.7 Å². The standard InChI is InChI=1S/C33H39N3O5S/c1-20-4-9-28(41-16-25-8-5-22(13-21(25)2)30(38)35(3)18-33(19-37)10-11-33)26(12-20)27-17-42-32(34-27)36-14-23-6-7-24(15-36)29(23)31(39)40/h4-5,8-9,12-13,17,23-24,29,37H,6-7,10-11,14-16,18-19H2,1-3H3,(H,39,40)/t23-,24?,29+/m0/s1. The lowest BCUT2D eigenvalue weighted by atomic mass is 9.85. The van der Waals surface area contributed by atoms with Gasteiger partial charge in [0.1, 0.15) is 12.4 Å². The minimum absolute atomic E-state index is 0.0364. The average molecular weight is 590 g/mol. The number of hydrogen-bond donors (Lipinski definition) is 2. The Hall–Kier alpha value is -3.43. The molecule has 8 nitrogen and oxygen atoms in total. The predicted octanol–water partition coefficient (Wildman–Crippen LogP) is 5.40. The Morgan fingerprint density at radius 2 is 1.86 bits per heavy atom. The number of anilines is 1. The van der Waals surface area contributed by atoms with E-state index in [0.717, 1.165) is 77.6 Å². The molecule has 3 atom stereocenters. The van der Waals surface area contributed by atoms with E-state index in [-0.39, 0.29) is 35.7 Å². The van der Waals surface area contributed by atoms with Crippen LogP contribution in [0.4, 0.5) is 5.13 Å². The molecule has 1 saturated heterocycles. The van der Waals surface area contributed by atoms with Crippen LogP contribution in [0.15, 0.2) is 41.8 Å². The molecule has 3 fully saturated rings. The number of carboxylic acids is 1. The molecule has 1 unspecified atom stereocenters. The Morgan fingerprint density at radius 1 is 1.12 bits per heavy atom. The first kappa shape index (κ1) is 28.7. The summed E-state index contributed by atoms with van der Waals surface area (Å²) in [5.41, 5.74) is 5.42. The number of rotatable bonds is 10. The molecule has 2 aliphatic carbocycles. The molecule has 222 valence electrons. The van der Waals surface area contributed by atoms with E-state index in [2.05, 4.69) is 23.3 Å². The zero-order valence-corrected chi connectivity index (χ0v) is 25.3. The summed E-state index contributed by atoms with van der Waals surface area (Å²) < 4.78 is 6.35. The number of amides is 1. The van der Waals surface area contributed by atoms with Gasteiger partial charge in [-0.25, -0.2) is 4.98 Å². The Labute approximate surface area is 251 Å². The molecule has 2 saturated carbocycles. The molecule has 2 heterocycles. The van der Waals surface area contributed by atoms with Crippen molar-refractivity contribution in [3.63, 3.8) is 0 Å². The number of thiazole rings is 1. The molecule has 2 aromatic carbocycles. The number of aliphatic carboxylic acids is 1. The fourth-order valence-corrected chi connectivity index (χ4v) is 7.62. The third-order valence-corrected chi connectivity index (χ3v) is 10.4. The number of carbonyl (C=O) groups is 2. The molecule has 2 bridgehead atoms. The van der Waals surface area contributed by atoms with Crippen molar-refractivity contribution in [2.24, 2.45) is 23.2 Å². The second kappa shape index (κ2) is 11.3. The quantitative estimate of drug-likeness (QED) is 0.327. The molecular weight excluding hydrogens is 550 g/mol. The third kappa shape index (κ3) is 5.64. The number of nitrogens with zero attached hydrogens (tertiary/aromatic N) is 3. The number of aliphatic hydroxyl groups is 1. The maximum atomic E-state index is 13.0. The first-order valence-electron chi connectivity index (χ1n) is 14.8. The van der Waals surface area contributed by atoms with Crippen molar-refractivity contribution in [1.29, 1.82) is 0 Å². The summed E-state index contributed by atoms with van der Waals surface area (Å²) in [5.74, 6) is 0.206. The van der Waals surface area contributed by atoms with Gasteiger partial charge in [-0.3, -0.25) is 9.59 Å². The normalized spacial score (nSPS) is 22.2. The number of fused-ring (bicyclic) bond motifs is 2. The smallest absolute Gasteiger partial charge is 0.307 e. The minimum atomic E-state index is -0.656. The van der Waals surface area contributed by atoms with Gasteiger partial charge in [-0.05, 0) is 86.8 Å². The van der Waals surface area contributed by atoms with Gasteiger partial charge in [-0.15, -0.1) is 11.3 Å². The van der Waals surface area contributed by atoms with Crippen LogP contribution in [0.1, 0.15) is 52.7 Å². The Balaban J connectivity index is 1.14. The van der Waals surface area contributed by atoms with Gasteiger partial charge in [0.2, 0.25) is 0 Å². The number of piperidine rings is 1. The zero-order chi connectivity index (χ0) is 29.6. The topological polar surface area (TPSA) is 103 Å². The summed E-state index contributed by atoms with van der Waals surface area (Å²) in [6, 6.07) is 11.8. The summed E-state index contributed by atoms with van der Waals surface area (Å²) in [6.07, 6.45) is 3.88. The van der Waals surface area contributed by atoms with Crippen LogP contribution < -0.4 is 9.64 Å². The van der Waals surface area contributed by atoms with E-state index in [4.69, 9.17) is 9.72 Å². The average Bonchev–Trinajstić information content (AvgIpc) is 3.46. The summed E-state index contributed by atoms with van der Waals surface area (Å²) in [4.78, 5) is 33.8. The molecule has 0 radical (unpaired) electrons. The van der Waals surface area contributed by atoms with Crippen LogP contribution in [0, 0.1) is 37.0 Å². The Morgan fingerprint density at radius 3 is 2.50 bits per heavy atom. The van der Waals surface area contributed by atoms with Gasteiger partial charge in [-0.2, -0.15) is 0 Å². The highest BCUT2D eigenvalue weighted by molar-refractivity contribution is 7.14. The molecular formula is C33H39N3O5S. The van der Waals surface area contributed by atoms with Crippen LogP contribution in [0.2, 0.25) is 0 Å². The highest BCUT2D eigenvalue weighted by atomic mass is 32.1. The van der Waals surface area contributed by atoms with Crippen molar-refractivity contribution in [2.75, 3.05) is 38.2 Å². The minimum Gasteiger partial charge on any atom is -0.488 e. The predicted molar refractivity (Wildman–Crippen MR) is 163 cm³/mol. The van der Waals surface area contributed by atoms with Gasteiger partial charge in [0, 0.05) is 48.6 Å². The SMILES string of the molecule is Cc1ccc(OCc2ccc(C(=O)N(C)CC3(CO)CC3)cc2C)c(-c2csc(N3CC4CC[C@@H](C3)[C@H]4C(=O)O)n2)c1. The largest absolute Gasteiger partial charge is 0.488 e. The van der Waals surface area contributed by atoms with Crippen molar-refractivity contribution < 1.29 is 24.5 Å². The molecule has 1 aliphatic heterocycles. The van der Waals surface area contributed by atoms with Crippen LogP contribution in [0.25, 0.3) is 11.3 Å². The van der Waals surface area contributed by atoms with Crippen molar-refractivity contribution in [3.05, 3.63) is 64.0 Å². The lowest BCUT2D eigenvalue weighted by molar-refractivity contribution is -0.144. The molecule has 3 aromatic rings. The van der Waals surface area contributed by atoms with Crippen LogP contribution in [0.5, 0.6) is 5.75 Å². The summed E-state index contributed by atoms with van der Waals surface area (Å²) in [7, 11) is 1.80. The van der Waals surface area contributed by atoms with E-state index in [0.29, 0.717) is 18.7 Å². The fraction of sp³-hybridized carbons (Fsp3) is 0.485. The monoisotopic (exact) mass is 589 g/mol. The first-order chi connectivity index (χ1) is 20.2. The molecule has 6 rings (SSSR count). The summed E-state index contributed by atoms with van der Waals surface area (Å²) in [5, 5.41) is 22.3. The van der Waals surface area contributed by atoms with Crippen LogP contribution in [0.3, 0.4) is 0 Å². The number of benzene rings is 2. The van der Waals surface area contributed by atoms with Crippen molar-refractivity contribution in [1.82, 2.24) is 9.88 Å².